The van der Waals surface area contributed by atoms with E-state index in [1.807, 2.05) is 30.5 Å². The van der Waals surface area contributed by atoms with Crippen LogP contribution >= 0.6 is 0 Å². The van der Waals surface area contributed by atoms with E-state index in [0.717, 1.165) is 42.6 Å². The van der Waals surface area contributed by atoms with Crippen LogP contribution in [0.2, 0.25) is 0 Å². The molecule has 0 unspecified atom stereocenters. The zero-order valence-electron chi connectivity index (χ0n) is 14.8. The second kappa shape index (κ2) is 7.28. The number of benzene rings is 1. The van der Waals surface area contributed by atoms with Crippen LogP contribution in [0.4, 0.5) is 0 Å². The molecule has 4 rings (SSSR count). The van der Waals surface area contributed by atoms with Gasteiger partial charge in [0, 0.05) is 42.3 Å². The van der Waals surface area contributed by atoms with Crippen molar-refractivity contribution in [1.29, 1.82) is 0 Å². The zero-order chi connectivity index (χ0) is 17.2. The van der Waals surface area contributed by atoms with E-state index in [9.17, 15) is 5.11 Å². The number of aliphatic hydroxyl groups excluding tert-OH is 1. The maximum absolute atomic E-state index is 10.7. The van der Waals surface area contributed by atoms with Crippen LogP contribution < -0.4 is 4.74 Å². The van der Waals surface area contributed by atoms with Crippen LogP contribution in [0, 0.1) is 0 Å². The SMILES string of the molecule is CN1CCC(N2CC[C@@H](Oc3cccc4cnccc34)[C@H](O)C2)CC1. The van der Waals surface area contributed by atoms with Crippen LogP contribution in [0.25, 0.3) is 10.8 Å². The summed E-state index contributed by atoms with van der Waals surface area (Å²) in [5, 5.41) is 12.8. The highest BCUT2D eigenvalue weighted by atomic mass is 16.5. The van der Waals surface area contributed by atoms with Gasteiger partial charge in [-0.25, -0.2) is 0 Å². The number of hydrogen-bond acceptors (Lipinski definition) is 5. The molecule has 0 bridgehead atoms. The van der Waals surface area contributed by atoms with E-state index < -0.39 is 6.10 Å². The second-order valence-corrected chi connectivity index (χ2v) is 7.39. The van der Waals surface area contributed by atoms with Gasteiger partial charge >= 0.3 is 0 Å². The number of fused-ring (bicyclic) bond motifs is 1. The van der Waals surface area contributed by atoms with E-state index in [0.29, 0.717) is 12.6 Å². The summed E-state index contributed by atoms with van der Waals surface area (Å²) in [6, 6.07) is 8.59. The Bertz CT molecular complexity index is 710. The lowest BCUT2D eigenvalue weighted by atomic mass is 9.97. The van der Waals surface area contributed by atoms with Crippen molar-refractivity contribution < 1.29 is 9.84 Å². The summed E-state index contributed by atoms with van der Waals surface area (Å²) in [6.45, 7) is 4.02. The molecule has 0 aliphatic carbocycles. The Morgan fingerprint density at radius 2 is 1.96 bits per heavy atom. The molecule has 1 N–H and O–H groups in total. The highest BCUT2D eigenvalue weighted by Crippen LogP contribution is 2.28. The first-order valence-electron chi connectivity index (χ1n) is 9.31. The predicted octanol–water partition coefficient (Wildman–Crippen LogP) is 2.14. The molecular weight excluding hydrogens is 314 g/mol. The topological polar surface area (TPSA) is 48.8 Å². The maximum atomic E-state index is 10.7. The molecule has 2 saturated heterocycles. The van der Waals surface area contributed by atoms with Gasteiger partial charge in [0.25, 0.3) is 0 Å². The first-order valence-corrected chi connectivity index (χ1v) is 9.31. The zero-order valence-corrected chi connectivity index (χ0v) is 14.8. The number of likely N-dealkylation sites (tertiary alicyclic amines) is 2. The molecule has 3 heterocycles. The van der Waals surface area contributed by atoms with Gasteiger partial charge < -0.3 is 14.7 Å². The number of rotatable bonds is 3. The fraction of sp³-hybridized carbons (Fsp3) is 0.550. The number of pyridine rings is 1. The molecule has 1 aromatic carbocycles. The van der Waals surface area contributed by atoms with Crippen LogP contribution in [-0.2, 0) is 0 Å². The molecule has 2 aliphatic heterocycles. The minimum absolute atomic E-state index is 0.138. The largest absolute Gasteiger partial charge is 0.487 e. The summed E-state index contributed by atoms with van der Waals surface area (Å²) in [6.07, 6.45) is 6.33. The fourth-order valence-corrected chi connectivity index (χ4v) is 4.12. The Morgan fingerprint density at radius 1 is 1.12 bits per heavy atom. The number of aliphatic hydroxyl groups is 1. The number of hydrogen-bond donors (Lipinski definition) is 1. The molecule has 134 valence electrons. The molecular formula is C20H27N3O2. The van der Waals surface area contributed by atoms with E-state index in [-0.39, 0.29) is 6.10 Å². The van der Waals surface area contributed by atoms with Crippen LogP contribution in [-0.4, -0.2) is 71.4 Å². The fourth-order valence-electron chi connectivity index (χ4n) is 4.12. The summed E-state index contributed by atoms with van der Waals surface area (Å²) in [7, 11) is 2.19. The summed E-state index contributed by atoms with van der Waals surface area (Å²) in [5.41, 5.74) is 0. The van der Waals surface area contributed by atoms with Crippen molar-refractivity contribution in [2.75, 3.05) is 33.2 Å². The van der Waals surface area contributed by atoms with Crippen molar-refractivity contribution in [3.63, 3.8) is 0 Å². The summed E-state index contributed by atoms with van der Waals surface area (Å²) in [5.74, 6) is 0.844. The first kappa shape index (κ1) is 16.8. The molecule has 2 fully saturated rings. The Morgan fingerprint density at radius 3 is 2.76 bits per heavy atom. The van der Waals surface area contributed by atoms with E-state index in [1.165, 1.54) is 12.8 Å². The Labute approximate surface area is 149 Å². The summed E-state index contributed by atoms with van der Waals surface area (Å²) in [4.78, 5) is 9.02. The molecule has 0 amide bonds. The third kappa shape index (κ3) is 3.64. The predicted molar refractivity (Wildman–Crippen MR) is 98.9 cm³/mol. The molecule has 5 heteroatoms. The number of aromatic nitrogens is 1. The van der Waals surface area contributed by atoms with Crippen molar-refractivity contribution in [2.45, 2.75) is 37.5 Å². The smallest absolute Gasteiger partial charge is 0.127 e. The lowest BCUT2D eigenvalue weighted by Gasteiger charge is -2.42. The molecule has 5 nitrogen and oxygen atoms in total. The highest BCUT2D eigenvalue weighted by molar-refractivity contribution is 5.87. The average molecular weight is 341 g/mol. The number of ether oxygens (including phenoxy) is 1. The van der Waals surface area contributed by atoms with Gasteiger partial charge in [0.05, 0.1) is 0 Å². The molecule has 1 aromatic heterocycles. The molecule has 0 spiro atoms. The minimum atomic E-state index is -0.439. The van der Waals surface area contributed by atoms with Gasteiger partial charge in [0.2, 0.25) is 0 Å². The third-order valence-corrected chi connectivity index (χ3v) is 5.68. The number of β-amino-alcohol motifs (C(OH)–C–C–N with tert-alkyl or cyclic N) is 1. The Balaban J connectivity index is 1.41. The number of piperidine rings is 2. The van der Waals surface area contributed by atoms with Gasteiger partial charge in [-0.15, -0.1) is 0 Å². The molecule has 2 atom stereocenters. The van der Waals surface area contributed by atoms with E-state index in [1.54, 1.807) is 6.20 Å². The van der Waals surface area contributed by atoms with Crippen LogP contribution in [0.5, 0.6) is 5.75 Å². The Kier molecular flexibility index (Phi) is 4.88. The van der Waals surface area contributed by atoms with E-state index in [4.69, 9.17) is 4.74 Å². The van der Waals surface area contributed by atoms with Gasteiger partial charge in [-0.05, 0) is 51.5 Å². The quantitative estimate of drug-likeness (QED) is 0.927. The monoisotopic (exact) mass is 341 g/mol. The molecule has 25 heavy (non-hydrogen) atoms. The Hall–Kier alpha value is -1.69. The first-order chi connectivity index (χ1) is 12.2. The van der Waals surface area contributed by atoms with Gasteiger partial charge in [-0.3, -0.25) is 9.88 Å². The standard InChI is InChI=1S/C20H27N3O2/c1-22-10-6-16(7-11-22)23-12-8-20(18(24)14-23)25-19-4-2-3-15-13-21-9-5-17(15)19/h2-5,9,13,16,18,20,24H,6-8,10-12,14H2,1H3/t18-,20-/m1/s1. The molecule has 2 aliphatic rings. The van der Waals surface area contributed by atoms with Crippen molar-refractivity contribution in [3.8, 4) is 5.75 Å². The van der Waals surface area contributed by atoms with Gasteiger partial charge in [-0.1, -0.05) is 12.1 Å². The van der Waals surface area contributed by atoms with Gasteiger partial charge in [0.1, 0.15) is 18.0 Å². The summed E-state index contributed by atoms with van der Waals surface area (Å²) >= 11 is 0. The summed E-state index contributed by atoms with van der Waals surface area (Å²) < 4.78 is 6.22. The van der Waals surface area contributed by atoms with Gasteiger partial charge in [0.15, 0.2) is 0 Å². The third-order valence-electron chi connectivity index (χ3n) is 5.68. The van der Waals surface area contributed by atoms with Crippen molar-refractivity contribution in [1.82, 2.24) is 14.8 Å². The molecule has 2 aromatic rings. The lowest BCUT2D eigenvalue weighted by molar-refractivity contribution is -0.0434. The highest BCUT2D eigenvalue weighted by Gasteiger charge is 2.33. The molecule has 0 radical (unpaired) electrons. The van der Waals surface area contributed by atoms with E-state index >= 15 is 0 Å². The van der Waals surface area contributed by atoms with Crippen LogP contribution in [0.3, 0.4) is 0 Å². The average Bonchev–Trinajstić information content (AvgIpc) is 2.64. The lowest BCUT2D eigenvalue weighted by Crippen LogP contribution is -2.54. The number of nitrogens with zero attached hydrogens (tertiary/aromatic N) is 3. The van der Waals surface area contributed by atoms with Crippen LogP contribution in [0.1, 0.15) is 19.3 Å². The second-order valence-electron chi connectivity index (χ2n) is 7.39. The van der Waals surface area contributed by atoms with Crippen molar-refractivity contribution in [3.05, 3.63) is 36.7 Å². The normalized spacial score (nSPS) is 26.8. The van der Waals surface area contributed by atoms with Crippen molar-refractivity contribution >= 4 is 10.8 Å². The van der Waals surface area contributed by atoms with Crippen molar-refractivity contribution in [2.24, 2.45) is 0 Å². The van der Waals surface area contributed by atoms with E-state index in [2.05, 4.69) is 21.8 Å². The maximum Gasteiger partial charge on any atom is 0.127 e. The minimum Gasteiger partial charge on any atom is -0.487 e. The molecule has 0 saturated carbocycles. The van der Waals surface area contributed by atoms with Gasteiger partial charge in [-0.2, -0.15) is 0 Å². The van der Waals surface area contributed by atoms with Crippen LogP contribution in [0.15, 0.2) is 36.7 Å².